The number of amides is 2. The molecule has 0 aliphatic rings. The summed E-state index contributed by atoms with van der Waals surface area (Å²) in [5.41, 5.74) is 0. The summed E-state index contributed by atoms with van der Waals surface area (Å²) in [5, 5.41) is 0. The van der Waals surface area contributed by atoms with Gasteiger partial charge in [-0.25, -0.2) is 0 Å². The molecule has 0 unspecified atom stereocenters. The van der Waals surface area contributed by atoms with E-state index < -0.39 is 7.60 Å². The van der Waals surface area contributed by atoms with E-state index in [4.69, 9.17) is 20.6 Å². The summed E-state index contributed by atoms with van der Waals surface area (Å²) in [6.07, 6.45) is 0.318. The maximum Gasteiger partial charge on any atom is 0.331 e. The summed E-state index contributed by atoms with van der Waals surface area (Å²) >= 11 is 5.68. The van der Waals surface area contributed by atoms with Crippen LogP contribution in [0.5, 0.6) is 0 Å². The first kappa shape index (κ1) is 24.4. The average molecular weight is 399 g/mol. The SMILES string of the molecule is CCN(CC)C(=O)CCOP(=O)(CCCl)OCCC(=O)N(CC)CC. The summed E-state index contributed by atoms with van der Waals surface area (Å²) < 4.78 is 23.3. The predicted molar refractivity (Wildman–Crippen MR) is 100 cm³/mol. The van der Waals surface area contributed by atoms with E-state index in [9.17, 15) is 14.2 Å². The summed E-state index contributed by atoms with van der Waals surface area (Å²) in [4.78, 5) is 27.2. The fraction of sp³-hybridized carbons (Fsp3) is 0.875. The molecule has 0 aliphatic carbocycles. The van der Waals surface area contributed by atoms with Gasteiger partial charge >= 0.3 is 7.60 Å². The highest BCUT2D eigenvalue weighted by molar-refractivity contribution is 7.53. The smallest absolute Gasteiger partial charge is 0.331 e. The molecule has 2 amide bonds. The molecule has 0 heterocycles. The molecule has 0 saturated heterocycles. The van der Waals surface area contributed by atoms with Crippen molar-refractivity contribution in [3.8, 4) is 0 Å². The van der Waals surface area contributed by atoms with Crippen LogP contribution in [0.15, 0.2) is 0 Å². The maximum atomic E-state index is 12.6. The second kappa shape index (κ2) is 13.6. The lowest BCUT2D eigenvalue weighted by atomic mass is 10.3. The van der Waals surface area contributed by atoms with Crippen LogP contribution < -0.4 is 0 Å². The highest BCUT2D eigenvalue weighted by Gasteiger charge is 2.25. The first-order chi connectivity index (χ1) is 11.9. The third kappa shape index (κ3) is 9.59. The number of nitrogens with zero attached hydrogens (tertiary/aromatic N) is 2. The average Bonchev–Trinajstić information content (AvgIpc) is 2.57. The predicted octanol–water partition coefficient (Wildman–Crippen LogP) is 2.97. The van der Waals surface area contributed by atoms with E-state index in [-0.39, 0.29) is 49.9 Å². The van der Waals surface area contributed by atoms with Gasteiger partial charge in [0.1, 0.15) is 0 Å². The lowest BCUT2D eigenvalue weighted by molar-refractivity contribution is -0.131. The number of halogens is 1. The van der Waals surface area contributed by atoms with Crippen LogP contribution in [0.2, 0.25) is 0 Å². The third-order valence-electron chi connectivity index (χ3n) is 3.80. The highest BCUT2D eigenvalue weighted by atomic mass is 35.5. The summed E-state index contributed by atoms with van der Waals surface area (Å²) in [6.45, 7) is 10.1. The molecule has 0 aromatic heterocycles. The molecule has 0 spiro atoms. The van der Waals surface area contributed by atoms with Gasteiger partial charge in [0, 0.05) is 32.1 Å². The van der Waals surface area contributed by atoms with E-state index in [0.29, 0.717) is 26.2 Å². The fourth-order valence-electron chi connectivity index (χ4n) is 2.28. The van der Waals surface area contributed by atoms with Gasteiger partial charge in [-0.05, 0) is 27.7 Å². The molecule has 0 aromatic carbocycles. The highest BCUT2D eigenvalue weighted by Crippen LogP contribution is 2.48. The molecule has 0 rings (SSSR count). The molecule has 0 aliphatic heterocycles. The lowest BCUT2D eigenvalue weighted by Crippen LogP contribution is -2.31. The van der Waals surface area contributed by atoms with Crippen LogP contribution in [0.1, 0.15) is 40.5 Å². The van der Waals surface area contributed by atoms with Gasteiger partial charge in [0.05, 0.1) is 32.2 Å². The monoisotopic (exact) mass is 398 g/mol. The minimum absolute atomic E-state index is 0.00743. The molecule has 9 heteroatoms. The Bertz CT molecular complexity index is 408. The molecule has 25 heavy (non-hydrogen) atoms. The Kier molecular flexibility index (Phi) is 13.2. The Labute approximate surface area is 156 Å². The van der Waals surface area contributed by atoms with E-state index in [1.54, 1.807) is 9.80 Å². The third-order valence-corrected chi connectivity index (χ3v) is 6.17. The van der Waals surface area contributed by atoms with E-state index >= 15 is 0 Å². The molecule has 7 nitrogen and oxygen atoms in total. The van der Waals surface area contributed by atoms with Crippen LogP contribution in [-0.2, 0) is 23.2 Å². The molecular weight excluding hydrogens is 367 g/mol. The largest absolute Gasteiger partial charge is 0.343 e. The Hall–Kier alpha value is -0.620. The molecule has 0 atom stereocenters. The van der Waals surface area contributed by atoms with E-state index in [2.05, 4.69) is 0 Å². The van der Waals surface area contributed by atoms with Crippen molar-refractivity contribution >= 4 is 31.0 Å². The van der Waals surface area contributed by atoms with Crippen LogP contribution in [0.4, 0.5) is 0 Å². The Balaban J connectivity index is 4.42. The number of rotatable bonds is 14. The zero-order chi connectivity index (χ0) is 19.3. The van der Waals surface area contributed by atoms with Gasteiger partial charge in [-0.3, -0.25) is 14.2 Å². The number of hydrogen-bond acceptors (Lipinski definition) is 5. The number of hydrogen-bond donors (Lipinski definition) is 0. The Morgan fingerprint density at radius 1 is 0.840 bits per heavy atom. The van der Waals surface area contributed by atoms with Gasteiger partial charge in [-0.15, -0.1) is 11.6 Å². The van der Waals surface area contributed by atoms with Crippen molar-refractivity contribution in [3.63, 3.8) is 0 Å². The molecule has 0 saturated carbocycles. The van der Waals surface area contributed by atoms with Gasteiger partial charge in [0.2, 0.25) is 11.8 Å². The van der Waals surface area contributed by atoms with Crippen LogP contribution in [-0.4, -0.2) is 73.0 Å². The first-order valence-electron chi connectivity index (χ1n) is 8.86. The second-order valence-corrected chi connectivity index (χ2v) is 7.89. The molecule has 0 aromatic rings. The fourth-order valence-corrected chi connectivity index (χ4v) is 4.18. The summed E-state index contributed by atoms with van der Waals surface area (Å²) in [5.74, 6) is 0.00362. The van der Waals surface area contributed by atoms with E-state index in [1.807, 2.05) is 27.7 Å². The topological polar surface area (TPSA) is 76.1 Å². The summed E-state index contributed by atoms with van der Waals surface area (Å²) in [7, 11) is -3.40. The minimum Gasteiger partial charge on any atom is -0.343 e. The molecular formula is C16H32ClN2O5P. The van der Waals surface area contributed by atoms with Gasteiger partial charge < -0.3 is 18.8 Å². The van der Waals surface area contributed by atoms with Gasteiger partial charge in [0.25, 0.3) is 0 Å². The van der Waals surface area contributed by atoms with Crippen LogP contribution >= 0.6 is 19.2 Å². The van der Waals surface area contributed by atoms with Crippen molar-refractivity contribution in [1.29, 1.82) is 0 Å². The maximum absolute atomic E-state index is 12.6. The van der Waals surface area contributed by atoms with Crippen LogP contribution in [0, 0.1) is 0 Å². The van der Waals surface area contributed by atoms with Gasteiger partial charge in [-0.1, -0.05) is 0 Å². The lowest BCUT2D eigenvalue weighted by Gasteiger charge is -2.22. The standard InChI is InChI=1S/C16H32ClN2O5P/c1-5-18(6-2)15(20)9-12-23-25(22,14-11-17)24-13-10-16(21)19(7-3)8-4/h5-14H2,1-4H3. The molecule has 0 N–H and O–H groups in total. The second-order valence-electron chi connectivity index (χ2n) is 5.32. The summed E-state index contributed by atoms with van der Waals surface area (Å²) in [6, 6.07) is 0. The van der Waals surface area contributed by atoms with Crippen molar-refractivity contribution in [1.82, 2.24) is 9.80 Å². The van der Waals surface area contributed by atoms with Crippen molar-refractivity contribution in [2.75, 3.05) is 51.4 Å². The van der Waals surface area contributed by atoms with Crippen molar-refractivity contribution in [2.24, 2.45) is 0 Å². The molecule has 148 valence electrons. The molecule has 0 fully saturated rings. The minimum atomic E-state index is -3.40. The molecule has 0 bridgehead atoms. The Morgan fingerprint density at radius 3 is 1.48 bits per heavy atom. The number of alkyl halides is 1. The van der Waals surface area contributed by atoms with E-state index in [1.165, 1.54) is 0 Å². The number of carbonyl (C=O) groups is 2. The van der Waals surface area contributed by atoms with E-state index in [0.717, 1.165) is 0 Å². The van der Waals surface area contributed by atoms with Crippen LogP contribution in [0.25, 0.3) is 0 Å². The van der Waals surface area contributed by atoms with Crippen molar-refractivity contribution < 1.29 is 23.2 Å². The number of carbonyl (C=O) groups excluding carboxylic acids is 2. The Morgan fingerprint density at radius 2 is 1.20 bits per heavy atom. The van der Waals surface area contributed by atoms with Crippen molar-refractivity contribution in [3.05, 3.63) is 0 Å². The quantitative estimate of drug-likeness (QED) is 0.332. The van der Waals surface area contributed by atoms with Gasteiger partial charge in [0.15, 0.2) is 0 Å². The van der Waals surface area contributed by atoms with Crippen molar-refractivity contribution in [2.45, 2.75) is 40.5 Å². The first-order valence-corrected chi connectivity index (χ1v) is 11.1. The molecule has 0 radical (unpaired) electrons. The van der Waals surface area contributed by atoms with Crippen LogP contribution in [0.3, 0.4) is 0 Å². The van der Waals surface area contributed by atoms with Gasteiger partial charge in [-0.2, -0.15) is 0 Å². The normalized spacial score (nSPS) is 11.4. The zero-order valence-electron chi connectivity index (χ0n) is 15.8. The zero-order valence-corrected chi connectivity index (χ0v) is 17.5.